The van der Waals surface area contributed by atoms with E-state index in [1.807, 2.05) is 18.2 Å². The van der Waals surface area contributed by atoms with Crippen molar-refractivity contribution in [3.05, 3.63) is 70.8 Å². The molecule has 1 aliphatic carbocycles. The molecule has 1 aliphatic rings. The van der Waals surface area contributed by atoms with Crippen LogP contribution in [0.4, 0.5) is 0 Å². The first-order valence-electron chi connectivity index (χ1n) is 8.18. The smallest absolute Gasteiger partial charge is 0.129 e. The molecule has 0 saturated heterocycles. The number of fused-ring (bicyclic) bond motifs is 1. The lowest BCUT2D eigenvalue weighted by atomic mass is 9.90. The van der Waals surface area contributed by atoms with Gasteiger partial charge in [0.1, 0.15) is 11.9 Å². The number of rotatable bonds is 4. The van der Waals surface area contributed by atoms with Crippen LogP contribution < -0.4 is 4.74 Å². The lowest BCUT2D eigenvalue weighted by Gasteiger charge is -2.23. The van der Waals surface area contributed by atoms with Crippen molar-refractivity contribution in [3.8, 4) is 11.8 Å². The Morgan fingerprint density at radius 1 is 1.17 bits per heavy atom. The normalized spacial score (nSPS) is 14.4. The van der Waals surface area contributed by atoms with E-state index in [1.165, 1.54) is 16.7 Å². The Morgan fingerprint density at radius 3 is 2.65 bits per heavy atom. The number of nitriles is 1. The van der Waals surface area contributed by atoms with Crippen LogP contribution in [0.25, 0.3) is 5.57 Å². The lowest BCUT2D eigenvalue weighted by molar-refractivity contribution is 0.200. The summed E-state index contributed by atoms with van der Waals surface area (Å²) in [6.45, 7) is 4.21. The van der Waals surface area contributed by atoms with Gasteiger partial charge in [-0.3, -0.25) is 0 Å². The van der Waals surface area contributed by atoms with Gasteiger partial charge in [-0.1, -0.05) is 55.0 Å². The van der Waals surface area contributed by atoms with Gasteiger partial charge in [-0.25, -0.2) is 0 Å². The summed E-state index contributed by atoms with van der Waals surface area (Å²) in [5.41, 5.74) is 5.34. The first kappa shape index (κ1) is 15.4. The van der Waals surface area contributed by atoms with Gasteiger partial charge < -0.3 is 4.74 Å². The third-order valence-corrected chi connectivity index (χ3v) is 4.35. The average molecular weight is 303 g/mol. The predicted octanol–water partition coefficient (Wildman–Crippen LogP) is 5.38. The molecule has 2 aromatic rings. The minimum atomic E-state index is 0.00368. The molecule has 0 aromatic heterocycles. The Labute approximate surface area is 138 Å². The summed E-state index contributed by atoms with van der Waals surface area (Å²) in [6, 6.07) is 16.9. The van der Waals surface area contributed by atoms with Crippen LogP contribution in [-0.4, -0.2) is 0 Å². The summed E-state index contributed by atoms with van der Waals surface area (Å²) in [5.74, 6) is 0.822. The molecule has 0 radical (unpaired) electrons. The summed E-state index contributed by atoms with van der Waals surface area (Å²) in [5, 5.41) is 9.43. The van der Waals surface area contributed by atoms with E-state index in [-0.39, 0.29) is 6.10 Å². The molecule has 0 N–H and O–H groups in total. The van der Waals surface area contributed by atoms with Crippen LogP contribution in [0.15, 0.2) is 48.5 Å². The van der Waals surface area contributed by atoms with Crippen molar-refractivity contribution in [2.75, 3.05) is 0 Å². The summed E-state index contributed by atoms with van der Waals surface area (Å²) in [6.07, 6.45) is 4.80. The van der Waals surface area contributed by atoms with Crippen LogP contribution >= 0.6 is 0 Å². The second-order valence-corrected chi connectivity index (χ2v) is 5.98. The van der Waals surface area contributed by atoms with E-state index in [1.54, 1.807) is 0 Å². The maximum absolute atomic E-state index is 9.43. The number of nitrogens with zero attached hydrogens (tertiary/aromatic N) is 1. The predicted molar refractivity (Wildman–Crippen MR) is 93.2 cm³/mol. The van der Waals surface area contributed by atoms with Gasteiger partial charge in [0.05, 0.1) is 11.6 Å². The van der Waals surface area contributed by atoms with E-state index in [9.17, 15) is 5.26 Å². The molecule has 0 aliphatic heterocycles. The van der Waals surface area contributed by atoms with Crippen LogP contribution in [0.3, 0.4) is 0 Å². The van der Waals surface area contributed by atoms with Gasteiger partial charge in [0.15, 0.2) is 0 Å². The molecule has 2 nitrogen and oxygen atoms in total. The van der Waals surface area contributed by atoms with Crippen molar-refractivity contribution in [3.63, 3.8) is 0 Å². The molecule has 0 fully saturated rings. The molecule has 1 atom stereocenters. The molecule has 116 valence electrons. The molecule has 3 rings (SSSR count). The molecular formula is C21H21NO. The Hall–Kier alpha value is -2.53. The fourth-order valence-electron chi connectivity index (χ4n) is 3.09. The van der Waals surface area contributed by atoms with Gasteiger partial charge >= 0.3 is 0 Å². The van der Waals surface area contributed by atoms with Gasteiger partial charge in [0, 0.05) is 5.56 Å². The largest absolute Gasteiger partial charge is 0.485 e. The highest BCUT2D eigenvalue weighted by molar-refractivity contribution is 5.83. The van der Waals surface area contributed by atoms with E-state index < -0.39 is 0 Å². The molecule has 1 unspecified atom stereocenters. The van der Waals surface area contributed by atoms with Crippen molar-refractivity contribution in [1.29, 1.82) is 5.26 Å². The summed E-state index contributed by atoms with van der Waals surface area (Å²) >= 11 is 0. The fraction of sp³-hybridized carbons (Fsp3) is 0.286. The summed E-state index contributed by atoms with van der Waals surface area (Å²) in [7, 11) is 0. The average Bonchev–Trinajstić information content (AvgIpc) is 2.60. The standard InChI is InChI=1S/C21H21NO/c1-3-19(16-12-10-15(2)11-13-16)23-20-9-5-7-17-6-4-8-18(14-22)21(17)20/h5,7-13,19H,3-4,6H2,1-2H3. The van der Waals surface area contributed by atoms with Crippen molar-refractivity contribution < 1.29 is 4.74 Å². The van der Waals surface area contributed by atoms with Gasteiger partial charge in [0.2, 0.25) is 0 Å². The third-order valence-electron chi connectivity index (χ3n) is 4.35. The van der Waals surface area contributed by atoms with Crippen molar-refractivity contribution in [2.45, 2.75) is 39.2 Å². The molecular weight excluding hydrogens is 282 g/mol. The molecule has 0 spiro atoms. The highest BCUT2D eigenvalue weighted by Crippen LogP contribution is 2.36. The molecule has 0 saturated carbocycles. The van der Waals surface area contributed by atoms with Crippen LogP contribution in [-0.2, 0) is 6.42 Å². The maximum atomic E-state index is 9.43. The number of ether oxygens (including phenoxy) is 1. The molecule has 2 heteroatoms. The zero-order valence-corrected chi connectivity index (χ0v) is 13.7. The monoisotopic (exact) mass is 303 g/mol. The van der Waals surface area contributed by atoms with Crippen molar-refractivity contribution in [1.82, 2.24) is 0 Å². The molecule has 0 bridgehead atoms. The third kappa shape index (κ3) is 3.14. The van der Waals surface area contributed by atoms with Crippen LogP contribution in [0.1, 0.15) is 48.1 Å². The zero-order chi connectivity index (χ0) is 16.2. The molecule has 0 heterocycles. The number of allylic oxidation sites excluding steroid dienone is 2. The quantitative estimate of drug-likeness (QED) is 0.760. The Morgan fingerprint density at radius 2 is 1.96 bits per heavy atom. The van der Waals surface area contributed by atoms with Gasteiger partial charge in [-0.15, -0.1) is 0 Å². The number of benzene rings is 2. The lowest BCUT2D eigenvalue weighted by Crippen LogP contribution is -2.10. The van der Waals surface area contributed by atoms with Crippen molar-refractivity contribution in [2.24, 2.45) is 0 Å². The second kappa shape index (κ2) is 6.71. The number of hydrogen-bond donors (Lipinski definition) is 0. The van der Waals surface area contributed by atoms with Crippen LogP contribution in [0.2, 0.25) is 0 Å². The summed E-state index contributed by atoms with van der Waals surface area (Å²) < 4.78 is 6.33. The highest BCUT2D eigenvalue weighted by atomic mass is 16.5. The zero-order valence-electron chi connectivity index (χ0n) is 13.7. The van der Waals surface area contributed by atoms with E-state index in [2.05, 4.69) is 50.2 Å². The second-order valence-electron chi connectivity index (χ2n) is 5.98. The minimum Gasteiger partial charge on any atom is -0.485 e. The molecule has 23 heavy (non-hydrogen) atoms. The van der Waals surface area contributed by atoms with Gasteiger partial charge in [-0.2, -0.15) is 5.26 Å². The first-order valence-corrected chi connectivity index (χ1v) is 8.18. The Kier molecular flexibility index (Phi) is 4.48. The SMILES string of the molecule is CCC(Oc1cccc2c1C(C#N)=CCC2)c1ccc(C)cc1. The fourth-order valence-corrected chi connectivity index (χ4v) is 3.09. The molecule has 0 amide bonds. The summed E-state index contributed by atoms with van der Waals surface area (Å²) in [4.78, 5) is 0. The van der Waals surface area contributed by atoms with Gasteiger partial charge in [0.25, 0.3) is 0 Å². The molecule has 2 aromatic carbocycles. The van der Waals surface area contributed by atoms with Crippen LogP contribution in [0, 0.1) is 18.3 Å². The van der Waals surface area contributed by atoms with E-state index >= 15 is 0 Å². The Balaban J connectivity index is 1.95. The van der Waals surface area contributed by atoms with Crippen LogP contribution in [0.5, 0.6) is 5.75 Å². The highest BCUT2D eigenvalue weighted by Gasteiger charge is 2.20. The van der Waals surface area contributed by atoms with Crippen molar-refractivity contribution >= 4 is 5.57 Å². The maximum Gasteiger partial charge on any atom is 0.129 e. The topological polar surface area (TPSA) is 33.0 Å². The van der Waals surface area contributed by atoms with Gasteiger partial charge in [-0.05, 0) is 43.4 Å². The van der Waals surface area contributed by atoms with E-state index in [4.69, 9.17) is 4.74 Å². The first-order chi connectivity index (χ1) is 11.2. The van der Waals surface area contributed by atoms with E-state index in [0.29, 0.717) is 0 Å². The minimum absolute atomic E-state index is 0.00368. The van der Waals surface area contributed by atoms with E-state index in [0.717, 1.165) is 36.1 Å². The number of hydrogen-bond acceptors (Lipinski definition) is 2. The Bertz CT molecular complexity index is 765. The number of aryl methyl sites for hydroxylation is 2.